The third-order valence-electron chi connectivity index (χ3n) is 6.28. The third kappa shape index (κ3) is 5.17. The normalized spacial score (nSPS) is 18.9. The van der Waals surface area contributed by atoms with Crippen LogP contribution in [0.3, 0.4) is 0 Å². The van der Waals surface area contributed by atoms with E-state index >= 15 is 0 Å². The van der Waals surface area contributed by atoms with Crippen molar-refractivity contribution in [2.45, 2.75) is 24.9 Å². The summed E-state index contributed by atoms with van der Waals surface area (Å²) >= 11 is 0. The van der Waals surface area contributed by atoms with Gasteiger partial charge in [-0.25, -0.2) is 4.79 Å². The molecule has 1 aliphatic heterocycles. The van der Waals surface area contributed by atoms with Crippen molar-refractivity contribution >= 4 is 18.0 Å². The van der Waals surface area contributed by atoms with Crippen molar-refractivity contribution in [1.82, 2.24) is 10.2 Å². The Kier molecular flexibility index (Phi) is 6.93. The van der Waals surface area contributed by atoms with Crippen LogP contribution in [-0.2, 0) is 19.1 Å². The van der Waals surface area contributed by atoms with E-state index in [1.807, 2.05) is 24.3 Å². The molecule has 0 radical (unpaired) electrons. The summed E-state index contributed by atoms with van der Waals surface area (Å²) in [5.74, 6) is -1.42. The number of carboxylic acid groups (broad SMARTS) is 1. The SMILES string of the molecule is CN(CCC(=O)O)C(=O)C1COC(CNC(=O)OCC2c3ccccc3-c3ccccc32)C1. The summed E-state index contributed by atoms with van der Waals surface area (Å²) in [6, 6.07) is 16.3. The average Bonchev–Trinajstić information content (AvgIpc) is 3.42. The van der Waals surface area contributed by atoms with E-state index in [-0.39, 0.29) is 56.6 Å². The van der Waals surface area contributed by atoms with Gasteiger partial charge in [0.15, 0.2) is 0 Å². The Morgan fingerprint density at radius 3 is 2.36 bits per heavy atom. The molecule has 0 saturated carbocycles. The van der Waals surface area contributed by atoms with E-state index in [4.69, 9.17) is 14.6 Å². The number of hydrogen-bond acceptors (Lipinski definition) is 5. The standard InChI is InChI=1S/C25H28N2O6/c1-27(11-10-23(28)29)24(30)16-12-17(32-14-16)13-26-25(31)33-15-22-20-8-4-2-6-18(20)19-7-3-5-9-21(19)22/h2-9,16-17,22H,10-15H2,1H3,(H,26,31)(H,28,29). The summed E-state index contributed by atoms with van der Waals surface area (Å²) in [5.41, 5.74) is 4.65. The summed E-state index contributed by atoms with van der Waals surface area (Å²) in [4.78, 5) is 36.9. The summed E-state index contributed by atoms with van der Waals surface area (Å²) in [6.45, 7) is 0.904. The predicted molar refractivity (Wildman–Crippen MR) is 121 cm³/mol. The molecule has 8 heteroatoms. The molecular weight excluding hydrogens is 424 g/mol. The molecular formula is C25H28N2O6. The minimum Gasteiger partial charge on any atom is -0.481 e. The monoisotopic (exact) mass is 452 g/mol. The van der Waals surface area contributed by atoms with E-state index in [0.717, 1.165) is 11.1 Å². The average molecular weight is 453 g/mol. The minimum absolute atomic E-state index is 0.00535. The van der Waals surface area contributed by atoms with Crippen LogP contribution < -0.4 is 5.32 Å². The molecule has 0 aromatic heterocycles. The molecule has 1 heterocycles. The van der Waals surface area contributed by atoms with Crippen LogP contribution in [0.25, 0.3) is 11.1 Å². The second-order valence-corrected chi connectivity index (χ2v) is 8.50. The molecule has 0 spiro atoms. The van der Waals surface area contributed by atoms with Gasteiger partial charge in [0, 0.05) is 26.1 Å². The highest BCUT2D eigenvalue weighted by Gasteiger charge is 2.33. The first-order valence-electron chi connectivity index (χ1n) is 11.1. The van der Waals surface area contributed by atoms with E-state index in [1.165, 1.54) is 16.0 Å². The number of nitrogens with zero attached hydrogens (tertiary/aromatic N) is 1. The Balaban J connectivity index is 1.24. The second-order valence-electron chi connectivity index (χ2n) is 8.50. The van der Waals surface area contributed by atoms with Gasteiger partial charge in [0.25, 0.3) is 0 Å². The molecule has 2 amide bonds. The van der Waals surface area contributed by atoms with Crippen molar-refractivity contribution in [3.8, 4) is 11.1 Å². The topological polar surface area (TPSA) is 105 Å². The van der Waals surface area contributed by atoms with Gasteiger partial charge in [0.2, 0.25) is 5.91 Å². The number of fused-ring (bicyclic) bond motifs is 3. The van der Waals surface area contributed by atoms with Gasteiger partial charge in [-0.3, -0.25) is 9.59 Å². The van der Waals surface area contributed by atoms with Gasteiger partial charge in [0.05, 0.1) is 25.0 Å². The lowest BCUT2D eigenvalue weighted by atomic mass is 9.98. The molecule has 2 N–H and O–H groups in total. The van der Waals surface area contributed by atoms with Gasteiger partial charge in [0.1, 0.15) is 6.61 Å². The van der Waals surface area contributed by atoms with Crippen LogP contribution in [0.4, 0.5) is 4.79 Å². The first-order valence-corrected chi connectivity index (χ1v) is 11.1. The quantitative estimate of drug-likeness (QED) is 0.638. The van der Waals surface area contributed by atoms with Crippen LogP contribution in [0.5, 0.6) is 0 Å². The second kappa shape index (κ2) is 10.0. The fraction of sp³-hybridized carbons (Fsp3) is 0.400. The number of aliphatic carboxylic acids is 1. The van der Waals surface area contributed by atoms with E-state index in [9.17, 15) is 14.4 Å². The first-order chi connectivity index (χ1) is 15.9. The summed E-state index contributed by atoms with van der Waals surface area (Å²) in [7, 11) is 1.59. The van der Waals surface area contributed by atoms with Crippen molar-refractivity contribution < 1.29 is 29.0 Å². The summed E-state index contributed by atoms with van der Waals surface area (Å²) in [6.07, 6.45) is -0.427. The predicted octanol–water partition coefficient (Wildman–Crippen LogP) is 2.86. The lowest BCUT2D eigenvalue weighted by Gasteiger charge is -2.19. The molecule has 174 valence electrons. The van der Waals surface area contributed by atoms with Crippen LogP contribution in [0.1, 0.15) is 29.9 Å². The Bertz CT molecular complexity index is 994. The van der Waals surface area contributed by atoms with Crippen molar-refractivity contribution in [2.24, 2.45) is 5.92 Å². The van der Waals surface area contributed by atoms with Crippen LogP contribution in [0.2, 0.25) is 0 Å². The lowest BCUT2D eigenvalue weighted by molar-refractivity contribution is -0.139. The number of carboxylic acids is 1. The Morgan fingerprint density at radius 1 is 1.09 bits per heavy atom. The number of ether oxygens (including phenoxy) is 2. The van der Waals surface area contributed by atoms with Crippen molar-refractivity contribution in [3.63, 3.8) is 0 Å². The number of nitrogens with one attached hydrogen (secondary N) is 1. The van der Waals surface area contributed by atoms with Gasteiger partial charge in [-0.2, -0.15) is 0 Å². The molecule has 1 aliphatic carbocycles. The number of rotatable bonds is 8. The molecule has 4 rings (SSSR count). The minimum atomic E-state index is -0.942. The highest BCUT2D eigenvalue weighted by molar-refractivity contribution is 5.80. The van der Waals surface area contributed by atoms with Gasteiger partial charge in [-0.15, -0.1) is 0 Å². The van der Waals surface area contributed by atoms with Crippen molar-refractivity contribution in [2.75, 3.05) is 33.4 Å². The molecule has 2 aromatic rings. The number of benzene rings is 2. The summed E-state index contributed by atoms with van der Waals surface area (Å²) < 4.78 is 11.2. The zero-order chi connectivity index (χ0) is 23.4. The highest BCUT2D eigenvalue weighted by atomic mass is 16.5. The Morgan fingerprint density at radius 2 is 1.73 bits per heavy atom. The van der Waals surface area contributed by atoms with Gasteiger partial charge in [-0.05, 0) is 28.7 Å². The fourth-order valence-electron chi connectivity index (χ4n) is 4.55. The molecule has 1 saturated heterocycles. The molecule has 8 nitrogen and oxygen atoms in total. The van der Waals surface area contributed by atoms with E-state index in [0.29, 0.717) is 6.42 Å². The first kappa shape index (κ1) is 22.8. The molecule has 2 aromatic carbocycles. The van der Waals surface area contributed by atoms with E-state index in [2.05, 4.69) is 29.6 Å². The molecule has 1 fully saturated rings. The Hall–Kier alpha value is -3.39. The molecule has 0 bridgehead atoms. The van der Waals surface area contributed by atoms with Crippen molar-refractivity contribution in [1.29, 1.82) is 0 Å². The molecule has 33 heavy (non-hydrogen) atoms. The number of carbonyl (C=O) groups excluding carboxylic acids is 2. The molecule has 2 atom stereocenters. The smallest absolute Gasteiger partial charge is 0.407 e. The lowest BCUT2D eigenvalue weighted by Crippen LogP contribution is -2.35. The van der Waals surface area contributed by atoms with Gasteiger partial charge in [-0.1, -0.05) is 48.5 Å². The molecule has 2 unspecified atom stereocenters. The zero-order valence-corrected chi connectivity index (χ0v) is 18.5. The number of hydrogen-bond donors (Lipinski definition) is 2. The maximum atomic E-state index is 12.4. The van der Waals surface area contributed by atoms with E-state index < -0.39 is 12.1 Å². The maximum Gasteiger partial charge on any atom is 0.407 e. The molecule has 2 aliphatic rings. The van der Waals surface area contributed by atoms with Crippen molar-refractivity contribution in [3.05, 3.63) is 59.7 Å². The highest BCUT2D eigenvalue weighted by Crippen LogP contribution is 2.44. The van der Waals surface area contributed by atoms with Gasteiger partial charge < -0.3 is 24.8 Å². The maximum absolute atomic E-state index is 12.4. The third-order valence-corrected chi connectivity index (χ3v) is 6.28. The number of alkyl carbamates (subject to hydrolysis) is 1. The number of amides is 2. The van der Waals surface area contributed by atoms with Crippen LogP contribution in [0.15, 0.2) is 48.5 Å². The van der Waals surface area contributed by atoms with Crippen LogP contribution >= 0.6 is 0 Å². The number of carbonyl (C=O) groups is 3. The fourth-order valence-corrected chi connectivity index (χ4v) is 4.55. The Labute approximate surface area is 192 Å². The largest absolute Gasteiger partial charge is 0.481 e. The van der Waals surface area contributed by atoms with Gasteiger partial charge >= 0.3 is 12.1 Å². The van der Waals surface area contributed by atoms with Crippen LogP contribution in [0, 0.1) is 5.92 Å². The summed E-state index contributed by atoms with van der Waals surface area (Å²) in [5, 5.41) is 11.5. The van der Waals surface area contributed by atoms with Crippen LogP contribution in [-0.4, -0.2) is 67.4 Å². The van der Waals surface area contributed by atoms with E-state index in [1.54, 1.807) is 7.05 Å². The zero-order valence-electron chi connectivity index (χ0n) is 18.5.